The summed E-state index contributed by atoms with van der Waals surface area (Å²) in [5, 5.41) is 0. The Labute approximate surface area is 112 Å². The lowest BCUT2D eigenvalue weighted by atomic mass is 10.1. The zero-order chi connectivity index (χ0) is 14.3. The minimum atomic E-state index is -4.49. The molecule has 1 saturated heterocycles. The Morgan fingerprint density at radius 1 is 1.20 bits per heavy atom. The standard InChI is InChI=1S/C12H12F4N4/c13-8-1-4-19(5-2-8)10-11-18-9(12(14,15)16)7-20(11)6-3-17-10/h3,6-8H,1-2,4-5H2. The molecule has 0 N–H and O–H groups in total. The average Bonchev–Trinajstić information content (AvgIpc) is 2.83. The van der Waals surface area contributed by atoms with E-state index in [-0.39, 0.29) is 5.65 Å². The molecule has 0 aromatic carbocycles. The number of halogens is 4. The fourth-order valence-electron chi connectivity index (χ4n) is 2.33. The molecule has 1 aliphatic heterocycles. The third kappa shape index (κ3) is 2.30. The third-order valence-electron chi connectivity index (χ3n) is 3.37. The molecule has 3 rings (SSSR count). The van der Waals surface area contributed by atoms with Crippen molar-refractivity contribution in [2.75, 3.05) is 18.0 Å². The van der Waals surface area contributed by atoms with Gasteiger partial charge in [0.15, 0.2) is 17.2 Å². The Hall–Kier alpha value is -1.86. The highest BCUT2D eigenvalue weighted by atomic mass is 19.4. The van der Waals surface area contributed by atoms with Gasteiger partial charge in [0.05, 0.1) is 0 Å². The van der Waals surface area contributed by atoms with E-state index in [9.17, 15) is 17.6 Å². The van der Waals surface area contributed by atoms with Crippen LogP contribution in [0, 0.1) is 0 Å². The maximum atomic E-state index is 13.1. The zero-order valence-corrected chi connectivity index (χ0v) is 10.4. The maximum Gasteiger partial charge on any atom is 0.434 e. The number of anilines is 1. The number of rotatable bonds is 1. The Balaban J connectivity index is 2.01. The Kier molecular flexibility index (Phi) is 3.02. The molecule has 0 unspecified atom stereocenters. The molecule has 4 nitrogen and oxygen atoms in total. The number of piperidine rings is 1. The lowest BCUT2D eigenvalue weighted by molar-refractivity contribution is -0.140. The van der Waals surface area contributed by atoms with Gasteiger partial charge in [0.25, 0.3) is 0 Å². The molecule has 2 aromatic heterocycles. The molecule has 20 heavy (non-hydrogen) atoms. The zero-order valence-electron chi connectivity index (χ0n) is 10.4. The SMILES string of the molecule is FC1CCN(c2nccn3cc(C(F)(F)F)nc23)CC1. The number of nitrogens with zero attached hydrogens (tertiary/aromatic N) is 4. The van der Waals surface area contributed by atoms with Gasteiger partial charge in [-0.25, -0.2) is 14.4 Å². The summed E-state index contributed by atoms with van der Waals surface area (Å²) in [6.07, 6.45) is -0.853. The lowest BCUT2D eigenvalue weighted by Crippen LogP contribution is -2.35. The third-order valence-corrected chi connectivity index (χ3v) is 3.37. The number of aromatic nitrogens is 3. The molecule has 0 bridgehead atoms. The molecule has 0 aliphatic carbocycles. The molecule has 0 radical (unpaired) electrons. The summed E-state index contributed by atoms with van der Waals surface area (Å²) in [7, 11) is 0. The Morgan fingerprint density at radius 3 is 2.55 bits per heavy atom. The van der Waals surface area contributed by atoms with Crippen molar-refractivity contribution in [3.05, 3.63) is 24.3 Å². The second kappa shape index (κ2) is 4.60. The number of hydrogen-bond acceptors (Lipinski definition) is 3. The van der Waals surface area contributed by atoms with Gasteiger partial charge in [-0.05, 0) is 12.8 Å². The van der Waals surface area contributed by atoms with E-state index < -0.39 is 18.0 Å². The summed E-state index contributed by atoms with van der Waals surface area (Å²) in [6.45, 7) is 0.865. The normalized spacial score (nSPS) is 17.9. The molecule has 0 atom stereocenters. The number of fused-ring (bicyclic) bond motifs is 1. The summed E-state index contributed by atoms with van der Waals surface area (Å²) in [5.74, 6) is 0.370. The molecule has 3 heterocycles. The Morgan fingerprint density at radius 2 is 1.90 bits per heavy atom. The van der Waals surface area contributed by atoms with E-state index in [1.807, 2.05) is 0 Å². The quantitative estimate of drug-likeness (QED) is 0.756. The molecular weight excluding hydrogens is 276 g/mol. The van der Waals surface area contributed by atoms with Crippen LogP contribution in [0.4, 0.5) is 23.4 Å². The van der Waals surface area contributed by atoms with Crippen LogP contribution < -0.4 is 4.90 Å². The van der Waals surface area contributed by atoms with Gasteiger partial charge >= 0.3 is 6.18 Å². The van der Waals surface area contributed by atoms with Crippen LogP contribution in [0.2, 0.25) is 0 Å². The number of imidazole rings is 1. The lowest BCUT2D eigenvalue weighted by Gasteiger charge is -2.29. The van der Waals surface area contributed by atoms with Crippen molar-refractivity contribution in [1.82, 2.24) is 14.4 Å². The van der Waals surface area contributed by atoms with Crippen LogP contribution in [0.15, 0.2) is 18.6 Å². The van der Waals surface area contributed by atoms with Crippen LogP contribution in [0.3, 0.4) is 0 Å². The van der Waals surface area contributed by atoms with Crippen LogP contribution >= 0.6 is 0 Å². The van der Waals surface area contributed by atoms with Crippen molar-refractivity contribution < 1.29 is 17.6 Å². The predicted molar refractivity (Wildman–Crippen MR) is 64.3 cm³/mol. The molecular formula is C12H12F4N4. The van der Waals surface area contributed by atoms with E-state index in [4.69, 9.17) is 0 Å². The van der Waals surface area contributed by atoms with E-state index in [2.05, 4.69) is 9.97 Å². The summed E-state index contributed by atoms with van der Waals surface area (Å²) in [6, 6.07) is 0. The molecule has 0 amide bonds. The van der Waals surface area contributed by atoms with Gasteiger partial charge in [0.1, 0.15) is 6.17 Å². The smallest absolute Gasteiger partial charge is 0.353 e. The highest BCUT2D eigenvalue weighted by molar-refractivity contribution is 5.64. The average molecular weight is 288 g/mol. The van der Waals surface area contributed by atoms with Gasteiger partial charge in [-0.2, -0.15) is 13.2 Å². The van der Waals surface area contributed by atoms with Crippen molar-refractivity contribution in [3.8, 4) is 0 Å². The minimum absolute atomic E-state index is 0.150. The molecule has 1 fully saturated rings. The second-order valence-corrected chi connectivity index (χ2v) is 4.77. The van der Waals surface area contributed by atoms with Gasteiger partial charge in [-0.3, -0.25) is 0 Å². The first-order valence-corrected chi connectivity index (χ1v) is 6.25. The molecule has 0 spiro atoms. The van der Waals surface area contributed by atoms with E-state index >= 15 is 0 Å². The summed E-state index contributed by atoms with van der Waals surface area (Å²) < 4.78 is 52.5. The fraction of sp³-hybridized carbons (Fsp3) is 0.500. The molecule has 8 heteroatoms. The summed E-state index contributed by atoms with van der Waals surface area (Å²) >= 11 is 0. The van der Waals surface area contributed by atoms with Crippen molar-refractivity contribution in [2.45, 2.75) is 25.2 Å². The van der Waals surface area contributed by atoms with Gasteiger partial charge in [-0.1, -0.05) is 0 Å². The topological polar surface area (TPSA) is 33.4 Å². The minimum Gasteiger partial charge on any atom is -0.353 e. The Bertz CT molecular complexity index is 613. The van der Waals surface area contributed by atoms with Crippen molar-refractivity contribution in [2.24, 2.45) is 0 Å². The molecule has 0 saturated carbocycles. The predicted octanol–water partition coefficient (Wildman–Crippen LogP) is 2.69. The first-order chi connectivity index (χ1) is 9.45. The van der Waals surface area contributed by atoms with Gasteiger partial charge in [-0.15, -0.1) is 0 Å². The van der Waals surface area contributed by atoms with Crippen LogP contribution in [-0.4, -0.2) is 33.6 Å². The largest absolute Gasteiger partial charge is 0.434 e. The van der Waals surface area contributed by atoms with Crippen LogP contribution in [-0.2, 0) is 6.18 Å². The monoisotopic (exact) mass is 288 g/mol. The maximum absolute atomic E-state index is 13.1. The summed E-state index contributed by atoms with van der Waals surface area (Å²) in [5.41, 5.74) is -0.802. The van der Waals surface area contributed by atoms with Crippen molar-refractivity contribution >= 4 is 11.5 Å². The van der Waals surface area contributed by atoms with Gasteiger partial charge in [0.2, 0.25) is 0 Å². The van der Waals surface area contributed by atoms with E-state index in [0.717, 1.165) is 6.20 Å². The van der Waals surface area contributed by atoms with Gasteiger partial charge < -0.3 is 9.30 Å². The first-order valence-electron chi connectivity index (χ1n) is 6.25. The number of alkyl halides is 4. The molecule has 2 aromatic rings. The fourth-order valence-corrected chi connectivity index (χ4v) is 2.33. The van der Waals surface area contributed by atoms with Crippen LogP contribution in [0.25, 0.3) is 5.65 Å². The van der Waals surface area contributed by atoms with E-state index in [0.29, 0.717) is 31.7 Å². The van der Waals surface area contributed by atoms with Crippen LogP contribution in [0.1, 0.15) is 18.5 Å². The molecule has 1 aliphatic rings. The van der Waals surface area contributed by atoms with Crippen molar-refractivity contribution in [1.29, 1.82) is 0 Å². The molecule has 108 valence electrons. The van der Waals surface area contributed by atoms with E-state index in [1.165, 1.54) is 16.8 Å². The highest BCUT2D eigenvalue weighted by Gasteiger charge is 2.34. The summed E-state index contributed by atoms with van der Waals surface area (Å²) in [4.78, 5) is 9.50. The highest BCUT2D eigenvalue weighted by Crippen LogP contribution is 2.30. The number of hydrogen-bond donors (Lipinski definition) is 0. The van der Waals surface area contributed by atoms with Crippen LogP contribution in [0.5, 0.6) is 0 Å². The van der Waals surface area contributed by atoms with E-state index in [1.54, 1.807) is 4.90 Å². The first kappa shape index (κ1) is 13.1. The van der Waals surface area contributed by atoms with Crippen molar-refractivity contribution in [3.63, 3.8) is 0 Å². The second-order valence-electron chi connectivity index (χ2n) is 4.77. The van der Waals surface area contributed by atoms with Gasteiger partial charge in [0, 0.05) is 31.7 Å².